The van der Waals surface area contributed by atoms with Crippen molar-refractivity contribution < 1.29 is 19.3 Å². The molecule has 1 aromatic heterocycles. The highest BCUT2D eigenvalue weighted by Gasteiger charge is 2.20. The van der Waals surface area contributed by atoms with Gasteiger partial charge in [0, 0.05) is 37.8 Å². The van der Waals surface area contributed by atoms with E-state index < -0.39 is 0 Å². The highest BCUT2D eigenvalue weighted by atomic mass is 16.5. The molecule has 1 saturated carbocycles. The van der Waals surface area contributed by atoms with Gasteiger partial charge in [-0.25, -0.2) is 4.98 Å². The maximum atomic E-state index is 9.66. The minimum absolute atomic E-state index is 0.165. The molecule has 1 aliphatic heterocycles. The summed E-state index contributed by atoms with van der Waals surface area (Å²) in [7, 11) is 1.64. The van der Waals surface area contributed by atoms with Gasteiger partial charge >= 0.3 is 0 Å². The smallest absolute Gasteiger partial charge is 0.163 e. The molecule has 29 heavy (non-hydrogen) atoms. The Balaban J connectivity index is 1.41. The van der Waals surface area contributed by atoms with E-state index in [2.05, 4.69) is 15.2 Å². The molecule has 0 radical (unpaired) electrons. The van der Waals surface area contributed by atoms with E-state index in [1.165, 1.54) is 0 Å². The third kappa shape index (κ3) is 5.26. The molecule has 1 saturated heterocycles. The lowest BCUT2D eigenvalue weighted by Gasteiger charge is -2.26. The minimum atomic E-state index is -0.165. The van der Waals surface area contributed by atoms with Crippen LogP contribution in [0.15, 0.2) is 18.3 Å². The predicted octanol–water partition coefficient (Wildman–Crippen LogP) is 2.06. The maximum Gasteiger partial charge on any atom is 0.163 e. The molecule has 8 nitrogen and oxygen atoms in total. The molecule has 2 aliphatic rings. The summed E-state index contributed by atoms with van der Waals surface area (Å²) < 4.78 is 16.9. The van der Waals surface area contributed by atoms with E-state index in [4.69, 9.17) is 19.2 Å². The maximum absolute atomic E-state index is 9.66. The lowest BCUT2D eigenvalue weighted by Crippen LogP contribution is -2.38. The van der Waals surface area contributed by atoms with Gasteiger partial charge in [0.2, 0.25) is 0 Å². The molecule has 0 spiro atoms. The summed E-state index contributed by atoms with van der Waals surface area (Å²) in [6.45, 7) is 4.90. The molecular weight excluding hydrogens is 372 g/mol. The first-order chi connectivity index (χ1) is 14.2. The Morgan fingerprint density at radius 1 is 1.14 bits per heavy atom. The summed E-state index contributed by atoms with van der Waals surface area (Å²) in [5.74, 6) is 2.10. The van der Waals surface area contributed by atoms with Crippen LogP contribution < -0.4 is 14.8 Å². The molecule has 0 unspecified atom stereocenters. The van der Waals surface area contributed by atoms with Gasteiger partial charge in [0.05, 0.1) is 43.7 Å². The zero-order valence-corrected chi connectivity index (χ0v) is 17.0. The number of morpholine rings is 1. The molecule has 2 heterocycles. The monoisotopic (exact) mass is 402 g/mol. The summed E-state index contributed by atoms with van der Waals surface area (Å²) in [6.07, 6.45) is 5.15. The quantitative estimate of drug-likeness (QED) is 0.728. The fraction of sp³-hybridized carbons (Fsp3) is 0.619. The molecule has 0 atom stereocenters. The number of hydrogen-bond acceptors (Lipinski definition) is 8. The van der Waals surface area contributed by atoms with E-state index >= 15 is 0 Å². The lowest BCUT2D eigenvalue weighted by molar-refractivity contribution is 0.0321. The summed E-state index contributed by atoms with van der Waals surface area (Å²) >= 11 is 0. The Morgan fingerprint density at radius 3 is 2.66 bits per heavy atom. The Morgan fingerprint density at radius 2 is 1.90 bits per heavy atom. The van der Waals surface area contributed by atoms with Crippen LogP contribution in [0.2, 0.25) is 0 Å². The van der Waals surface area contributed by atoms with Crippen molar-refractivity contribution >= 4 is 16.9 Å². The Hall–Kier alpha value is -2.16. The van der Waals surface area contributed by atoms with Crippen molar-refractivity contribution in [2.75, 3.05) is 51.9 Å². The van der Waals surface area contributed by atoms with Crippen LogP contribution in [0.1, 0.15) is 25.7 Å². The largest absolute Gasteiger partial charge is 0.493 e. The number of rotatable bonds is 7. The zero-order chi connectivity index (χ0) is 20.1. The van der Waals surface area contributed by atoms with E-state index in [0.29, 0.717) is 24.1 Å². The summed E-state index contributed by atoms with van der Waals surface area (Å²) in [4.78, 5) is 11.6. The summed E-state index contributed by atoms with van der Waals surface area (Å²) in [6, 6.07) is 4.10. The van der Waals surface area contributed by atoms with Gasteiger partial charge in [0.1, 0.15) is 12.4 Å². The molecule has 1 aromatic carbocycles. The van der Waals surface area contributed by atoms with Crippen LogP contribution in [0, 0.1) is 0 Å². The van der Waals surface area contributed by atoms with Gasteiger partial charge in [-0.15, -0.1) is 0 Å². The SMILES string of the molecule is COc1cc2nc(NC3CCC(O)CC3)cnc2cc1OCCN1CCOCC1. The van der Waals surface area contributed by atoms with Crippen molar-refractivity contribution in [3.8, 4) is 11.5 Å². The number of anilines is 1. The van der Waals surface area contributed by atoms with Gasteiger partial charge in [0.15, 0.2) is 11.5 Å². The molecule has 8 heteroatoms. The second kappa shape index (κ2) is 9.56. The van der Waals surface area contributed by atoms with Crippen molar-refractivity contribution in [2.24, 2.45) is 0 Å². The van der Waals surface area contributed by atoms with Crippen LogP contribution >= 0.6 is 0 Å². The standard InChI is InChI=1S/C21H30N4O4/c1-27-19-13-18-17(12-20(19)29-11-8-25-6-9-28-10-7-25)22-14-21(24-18)23-15-2-4-16(26)5-3-15/h12-16,26H,2-11H2,1H3,(H,23,24). The summed E-state index contributed by atoms with van der Waals surface area (Å²) in [5, 5.41) is 13.1. The highest BCUT2D eigenvalue weighted by Crippen LogP contribution is 2.31. The fourth-order valence-electron chi connectivity index (χ4n) is 3.90. The fourth-order valence-corrected chi connectivity index (χ4v) is 3.90. The molecule has 0 bridgehead atoms. The Bertz CT molecular complexity index is 805. The average molecular weight is 402 g/mol. The van der Waals surface area contributed by atoms with Crippen LogP contribution in [-0.2, 0) is 4.74 Å². The molecule has 2 N–H and O–H groups in total. The number of aliphatic hydroxyl groups is 1. The number of methoxy groups -OCH3 is 1. The van der Waals surface area contributed by atoms with Crippen LogP contribution in [0.25, 0.3) is 11.0 Å². The van der Waals surface area contributed by atoms with Crippen molar-refractivity contribution in [3.05, 3.63) is 18.3 Å². The van der Waals surface area contributed by atoms with Crippen LogP contribution in [0.5, 0.6) is 11.5 Å². The van der Waals surface area contributed by atoms with Gasteiger partial charge in [-0.1, -0.05) is 0 Å². The van der Waals surface area contributed by atoms with Gasteiger partial charge in [-0.2, -0.15) is 0 Å². The normalized spacial score (nSPS) is 23.1. The third-order valence-corrected chi connectivity index (χ3v) is 5.65. The Kier molecular flexibility index (Phi) is 6.63. The lowest BCUT2D eigenvalue weighted by atomic mass is 9.93. The number of hydrogen-bond donors (Lipinski definition) is 2. The topological polar surface area (TPSA) is 89.0 Å². The number of aliphatic hydroxyl groups excluding tert-OH is 1. The van der Waals surface area contributed by atoms with Gasteiger partial charge < -0.3 is 24.6 Å². The number of nitrogens with one attached hydrogen (secondary N) is 1. The van der Waals surface area contributed by atoms with E-state index in [-0.39, 0.29) is 6.10 Å². The predicted molar refractivity (Wildman–Crippen MR) is 111 cm³/mol. The number of ether oxygens (including phenoxy) is 3. The molecule has 1 aliphatic carbocycles. The van der Waals surface area contributed by atoms with E-state index in [9.17, 15) is 5.11 Å². The van der Waals surface area contributed by atoms with Crippen molar-refractivity contribution in [1.82, 2.24) is 14.9 Å². The number of aromatic nitrogens is 2. The highest BCUT2D eigenvalue weighted by molar-refractivity contribution is 5.80. The van der Waals surface area contributed by atoms with Crippen LogP contribution in [0.4, 0.5) is 5.82 Å². The first-order valence-corrected chi connectivity index (χ1v) is 10.4. The van der Waals surface area contributed by atoms with E-state index in [1.54, 1.807) is 13.3 Å². The van der Waals surface area contributed by atoms with E-state index in [0.717, 1.165) is 75.4 Å². The molecule has 0 amide bonds. The van der Waals surface area contributed by atoms with Gasteiger partial charge in [-0.05, 0) is 25.7 Å². The first kappa shape index (κ1) is 20.1. The molecule has 158 valence electrons. The second-order valence-corrected chi connectivity index (χ2v) is 7.70. The number of fused-ring (bicyclic) bond motifs is 1. The zero-order valence-electron chi connectivity index (χ0n) is 17.0. The molecular formula is C21H30N4O4. The van der Waals surface area contributed by atoms with Crippen molar-refractivity contribution in [2.45, 2.75) is 37.8 Å². The van der Waals surface area contributed by atoms with Crippen LogP contribution in [-0.4, -0.2) is 78.7 Å². The second-order valence-electron chi connectivity index (χ2n) is 7.70. The van der Waals surface area contributed by atoms with Gasteiger partial charge in [0.25, 0.3) is 0 Å². The van der Waals surface area contributed by atoms with E-state index in [1.807, 2.05) is 12.1 Å². The Labute approximate surface area is 171 Å². The van der Waals surface area contributed by atoms with Crippen LogP contribution in [0.3, 0.4) is 0 Å². The summed E-state index contributed by atoms with van der Waals surface area (Å²) in [5.41, 5.74) is 1.54. The minimum Gasteiger partial charge on any atom is -0.493 e. The third-order valence-electron chi connectivity index (χ3n) is 5.65. The molecule has 2 fully saturated rings. The van der Waals surface area contributed by atoms with Crippen molar-refractivity contribution in [3.63, 3.8) is 0 Å². The number of benzene rings is 1. The molecule has 4 rings (SSSR count). The first-order valence-electron chi connectivity index (χ1n) is 10.4. The van der Waals surface area contributed by atoms with Crippen molar-refractivity contribution in [1.29, 1.82) is 0 Å². The van der Waals surface area contributed by atoms with Gasteiger partial charge in [-0.3, -0.25) is 9.88 Å². The molecule has 2 aromatic rings. The average Bonchev–Trinajstić information content (AvgIpc) is 2.75. The number of nitrogens with zero attached hydrogens (tertiary/aromatic N) is 3.